The molecule has 1 amide bonds. The first-order valence-electron chi connectivity index (χ1n) is 9.16. The number of carbonyl (C=O) groups excluding carboxylic acids is 1. The third kappa shape index (κ3) is 3.29. The number of nitrogens with one attached hydrogen (secondary N) is 2. The maximum absolute atomic E-state index is 12.6. The highest BCUT2D eigenvalue weighted by Gasteiger charge is 2.22. The van der Waals surface area contributed by atoms with Gasteiger partial charge in [-0.05, 0) is 48.9 Å². The standard InChI is InChI=1S/C21H23N3O2/c1-14-7-8-19-18(12-14)16-5-2-6-17(20(16)24-19)21(25)23-10-11-26-15-4-3-9-22-13-15/h2-6,9,13-14,24H,7-8,10-12H2,1H3,(H,23,25). The third-order valence-electron chi connectivity index (χ3n) is 5.00. The lowest BCUT2D eigenvalue weighted by Crippen LogP contribution is -2.28. The highest BCUT2D eigenvalue weighted by Crippen LogP contribution is 2.32. The summed E-state index contributed by atoms with van der Waals surface area (Å²) in [7, 11) is 0. The smallest absolute Gasteiger partial charge is 0.253 e. The maximum Gasteiger partial charge on any atom is 0.253 e. The van der Waals surface area contributed by atoms with Crippen molar-refractivity contribution in [2.75, 3.05) is 13.2 Å². The van der Waals surface area contributed by atoms with Gasteiger partial charge in [0.1, 0.15) is 12.4 Å². The quantitative estimate of drug-likeness (QED) is 0.693. The lowest BCUT2D eigenvalue weighted by Gasteiger charge is -2.17. The highest BCUT2D eigenvalue weighted by molar-refractivity contribution is 6.06. The molecule has 4 rings (SSSR count). The number of H-pyrrole nitrogens is 1. The Morgan fingerprint density at radius 1 is 1.35 bits per heavy atom. The van der Waals surface area contributed by atoms with Gasteiger partial charge in [0.2, 0.25) is 0 Å². The Hall–Kier alpha value is -2.82. The van der Waals surface area contributed by atoms with Crippen LogP contribution in [-0.4, -0.2) is 29.0 Å². The minimum absolute atomic E-state index is 0.0722. The number of benzene rings is 1. The molecule has 0 bridgehead atoms. The Labute approximate surface area is 152 Å². The van der Waals surface area contributed by atoms with Crippen molar-refractivity contribution >= 4 is 16.8 Å². The molecule has 2 aromatic heterocycles. The Balaban J connectivity index is 1.45. The number of amides is 1. The molecule has 5 heteroatoms. The van der Waals surface area contributed by atoms with Gasteiger partial charge in [-0.25, -0.2) is 0 Å². The first-order valence-corrected chi connectivity index (χ1v) is 9.16. The van der Waals surface area contributed by atoms with Crippen LogP contribution in [0.2, 0.25) is 0 Å². The number of aryl methyl sites for hydroxylation is 1. The second-order valence-electron chi connectivity index (χ2n) is 6.95. The molecule has 1 atom stereocenters. The minimum Gasteiger partial charge on any atom is -0.490 e. The van der Waals surface area contributed by atoms with Crippen molar-refractivity contribution in [3.8, 4) is 5.75 Å². The fraction of sp³-hybridized carbons (Fsp3) is 0.333. The molecule has 0 spiro atoms. The van der Waals surface area contributed by atoms with Crippen LogP contribution < -0.4 is 10.1 Å². The van der Waals surface area contributed by atoms with E-state index >= 15 is 0 Å². The van der Waals surface area contributed by atoms with Gasteiger partial charge in [0.05, 0.1) is 23.8 Å². The van der Waals surface area contributed by atoms with Crippen LogP contribution in [0.25, 0.3) is 10.9 Å². The number of fused-ring (bicyclic) bond motifs is 3. The molecule has 0 fully saturated rings. The summed E-state index contributed by atoms with van der Waals surface area (Å²) in [6.45, 7) is 3.15. The lowest BCUT2D eigenvalue weighted by molar-refractivity contribution is 0.0948. The number of aromatic nitrogens is 2. The SMILES string of the molecule is CC1CCc2[nH]c3c(C(=O)NCCOc4cccnc4)cccc3c2C1. The Morgan fingerprint density at radius 3 is 3.12 bits per heavy atom. The predicted molar refractivity (Wildman–Crippen MR) is 102 cm³/mol. The zero-order chi connectivity index (χ0) is 17.9. The second-order valence-corrected chi connectivity index (χ2v) is 6.95. The fourth-order valence-corrected chi connectivity index (χ4v) is 3.67. The van der Waals surface area contributed by atoms with Crippen LogP contribution in [-0.2, 0) is 12.8 Å². The van der Waals surface area contributed by atoms with Crippen molar-refractivity contribution in [1.82, 2.24) is 15.3 Å². The van der Waals surface area contributed by atoms with E-state index in [0.29, 0.717) is 30.4 Å². The summed E-state index contributed by atoms with van der Waals surface area (Å²) in [6, 6.07) is 9.63. The van der Waals surface area contributed by atoms with E-state index in [-0.39, 0.29) is 5.91 Å². The van der Waals surface area contributed by atoms with Gasteiger partial charge in [-0.3, -0.25) is 9.78 Å². The van der Waals surface area contributed by atoms with E-state index in [1.165, 1.54) is 23.1 Å². The first kappa shape index (κ1) is 16.6. The lowest BCUT2D eigenvalue weighted by atomic mass is 9.87. The van der Waals surface area contributed by atoms with Gasteiger partial charge in [0, 0.05) is 17.3 Å². The highest BCUT2D eigenvalue weighted by atomic mass is 16.5. The van der Waals surface area contributed by atoms with Gasteiger partial charge in [-0.2, -0.15) is 0 Å². The summed E-state index contributed by atoms with van der Waals surface area (Å²) in [5, 5.41) is 4.13. The van der Waals surface area contributed by atoms with E-state index in [2.05, 4.69) is 28.3 Å². The van der Waals surface area contributed by atoms with Crippen LogP contribution in [0, 0.1) is 5.92 Å². The molecule has 1 aliphatic carbocycles. The van der Waals surface area contributed by atoms with Crippen molar-refractivity contribution in [2.24, 2.45) is 5.92 Å². The summed E-state index contributed by atoms with van der Waals surface area (Å²) in [4.78, 5) is 20.2. The van der Waals surface area contributed by atoms with E-state index in [1.54, 1.807) is 12.4 Å². The van der Waals surface area contributed by atoms with Crippen molar-refractivity contribution in [2.45, 2.75) is 26.2 Å². The summed E-state index contributed by atoms with van der Waals surface area (Å²) in [5.41, 5.74) is 4.33. The van der Waals surface area contributed by atoms with Crippen LogP contribution in [0.3, 0.4) is 0 Å². The summed E-state index contributed by atoms with van der Waals surface area (Å²) in [5.74, 6) is 1.33. The first-order chi connectivity index (χ1) is 12.7. The van der Waals surface area contributed by atoms with Gasteiger partial charge in [-0.1, -0.05) is 19.1 Å². The molecule has 0 aliphatic heterocycles. The number of carbonyl (C=O) groups is 1. The fourth-order valence-electron chi connectivity index (χ4n) is 3.67. The van der Waals surface area contributed by atoms with Gasteiger partial charge in [-0.15, -0.1) is 0 Å². The van der Waals surface area contributed by atoms with Gasteiger partial charge in [0.25, 0.3) is 5.91 Å². The Bertz CT molecular complexity index is 918. The normalized spacial score (nSPS) is 16.3. The molecule has 2 heterocycles. The molecule has 0 saturated heterocycles. The number of hydrogen-bond acceptors (Lipinski definition) is 3. The molecular weight excluding hydrogens is 326 g/mol. The number of pyridine rings is 1. The van der Waals surface area contributed by atoms with Crippen LogP contribution >= 0.6 is 0 Å². The zero-order valence-electron chi connectivity index (χ0n) is 14.9. The van der Waals surface area contributed by atoms with Crippen molar-refractivity contribution < 1.29 is 9.53 Å². The number of aromatic amines is 1. The number of hydrogen-bond donors (Lipinski definition) is 2. The zero-order valence-corrected chi connectivity index (χ0v) is 14.9. The summed E-state index contributed by atoms with van der Waals surface area (Å²) in [6.07, 6.45) is 6.70. The Kier molecular flexibility index (Phi) is 4.61. The molecule has 1 aliphatic rings. The molecule has 26 heavy (non-hydrogen) atoms. The maximum atomic E-state index is 12.6. The Morgan fingerprint density at radius 2 is 2.27 bits per heavy atom. The van der Waals surface area contributed by atoms with E-state index in [4.69, 9.17) is 4.74 Å². The van der Waals surface area contributed by atoms with Crippen LogP contribution in [0.15, 0.2) is 42.7 Å². The third-order valence-corrected chi connectivity index (χ3v) is 5.00. The largest absolute Gasteiger partial charge is 0.490 e. The molecule has 3 aromatic rings. The number of nitrogens with zero attached hydrogens (tertiary/aromatic N) is 1. The second kappa shape index (κ2) is 7.20. The van der Waals surface area contributed by atoms with E-state index < -0.39 is 0 Å². The van der Waals surface area contributed by atoms with Gasteiger partial charge in [0.15, 0.2) is 0 Å². The van der Waals surface area contributed by atoms with Gasteiger partial charge < -0.3 is 15.0 Å². The van der Waals surface area contributed by atoms with E-state index in [9.17, 15) is 4.79 Å². The summed E-state index contributed by atoms with van der Waals surface area (Å²) >= 11 is 0. The molecule has 1 unspecified atom stereocenters. The van der Waals surface area contributed by atoms with Crippen LogP contribution in [0.5, 0.6) is 5.75 Å². The van der Waals surface area contributed by atoms with Crippen molar-refractivity contribution in [1.29, 1.82) is 0 Å². The molecule has 134 valence electrons. The van der Waals surface area contributed by atoms with Crippen LogP contribution in [0.4, 0.5) is 0 Å². The summed E-state index contributed by atoms with van der Waals surface area (Å²) < 4.78 is 5.57. The monoisotopic (exact) mass is 349 g/mol. The average Bonchev–Trinajstić information content (AvgIpc) is 3.04. The molecule has 2 N–H and O–H groups in total. The van der Waals surface area contributed by atoms with Gasteiger partial charge >= 0.3 is 0 Å². The van der Waals surface area contributed by atoms with Crippen molar-refractivity contribution in [3.63, 3.8) is 0 Å². The number of ether oxygens (including phenoxy) is 1. The van der Waals surface area contributed by atoms with Crippen molar-refractivity contribution in [3.05, 3.63) is 59.5 Å². The number of rotatable bonds is 5. The number of para-hydroxylation sites is 1. The predicted octanol–water partition coefficient (Wildman–Crippen LogP) is 3.50. The molecule has 1 aromatic carbocycles. The van der Waals surface area contributed by atoms with E-state index in [1.807, 2.05) is 24.3 Å². The minimum atomic E-state index is -0.0722. The van der Waals surface area contributed by atoms with E-state index in [0.717, 1.165) is 18.4 Å². The molecule has 0 radical (unpaired) electrons. The molecule has 0 saturated carbocycles. The molecule has 5 nitrogen and oxygen atoms in total. The average molecular weight is 349 g/mol. The molecular formula is C21H23N3O2. The topological polar surface area (TPSA) is 67.0 Å². The van der Waals surface area contributed by atoms with Crippen LogP contribution in [0.1, 0.15) is 35.0 Å².